The van der Waals surface area contributed by atoms with Crippen molar-refractivity contribution < 1.29 is 13.2 Å². The lowest BCUT2D eigenvalue weighted by molar-refractivity contribution is 0.0342. The quantitative estimate of drug-likeness (QED) is 0.599. The third-order valence-electron chi connectivity index (χ3n) is 5.84. The van der Waals surface area contributed by atoms with Gasteiger partial charge in [-0.05, 0) is 35.4 Å². The molecule has 33 heavy (non-hydrogen) atoms. The van der Waals surface area contributed by atoms with Crippen LogP contribution in [0.25, 0.3) is 0 Å². The number of anilines is 2. The van der Waals surface area contributed by atoms with Crippen LogP contribution in [0.5, 0.6) is 0 Å². The van der Waals surface area contributed by atoms with Gasteiger partial charge in [0.05, 0.1) is 35.9 Å². The molecule has 0 aliphatic carbocycles. The summed E-state index contributed by atoms with van der Waals surface area (Å²) in [5, 5.41) is 3.27. The smallest absolute Gasteiger partial charge is 0.227 e. The standard InChI is InChI=1S/C24H25N5O3S/c1-33(30,31)20-8-4-18(5-9-20)21-14-25-22-15-26-24(28-23(21)22)27-19-6-2-17(3-7-19)16-29-10-12-32-13-11-29/h2-9,14-15,21H,10-13,16H2,1H3,(H,26,27,28). The first-order valence-electron chi connectivity index (χ1n) is 10.8. The molecule has 1 atom stereocenters. The number of hydrogen-bond acceptors (Lipinski definition) is 8. The van der Waals surface area contributed by atoms with Crippen LogP contribution in [0.3, 0.4) is 0 Å². The van der Waals surface area contributed by atoms with Crippen LogP contribution < -0.4 is 5.32 Å². The highest BCUT2D eigenvalue weighted by Gasteiger charge is 2.24. The van der Waals surface area contributed by atoms with Crippen LogP contribution in [0, 0.1) is 0 Å². The lowest BCUT2D eigenvalue weighted by Crippen LogP contribution is -2.35. The predicted molar refractivity (Wildman–Crippen MR) is 127 cm³/mol. The number of benzene rings is 2. The van der Waals surface area contributed by atoms with Crippen molar-refractivity contribution in [2.45, 2.75) is 17.4 Å². The van der Waals surface area contributed by atoms with E-state index in [1.54, 1.807) is 18.3 Å². The van der Waals surface area contributed by atoms with E-state index in [2.05, 4.69) is 32.3 Å². The number of aromatic nitrogens is 2. The molecule has 1 N–H and O–H groups in total. The van der Waals surface area contributed by atoms with Crippen LogP contribution in [-0.4, -0.2) is 62.1 Å². The largest absolute Gasteiger partial charge is 0.379 e. The molecule has 9 heteroatoms. The van der Waals surface area contributed by atoms with Crippen molar-refractivity contribution in [3.05, 3.63) is 71.5 Å². The first kappa shape index (κ1) is 21.7. The summed E-state index contributed by atoms with van der Waals surface area (Å²) in [4.78, 5) is 16.2. The summed E-state index contributed by atoms with van der Waals surface area (Å²) in [5.41, 5.74) is 4.61. The fourth-order valence-corrected chi connectivity index (χ4v) is 4.64. The van der Waals surface area contributed by atoms with Gasteiger partial charge in [0.25, 0.3) is 0 Å². The topological polar surface area (TPSA) is 96.8 Å². The van der Waals surface area contributed by atoms with Crippen LogP contribution >= 0.6 is 0 Å². The van der Waals surface area contributed by atoms with E-state index in [0.717, 1.165) is 55.5 Å². The van der Waals surface area contributed by atoms with Gasteiger partial charge in [-0.2, -0.15) is 0 Å². The molecule has 0 radical (unpaired) electrons. The molecule has 3 heterocycles. The zero-order valence-electron chi connectivity index (χ0n) is 18.3. The number of nitrogens with zero attached hydrogens (tertiary/aromatic N) is 4. The second kappa shape index (κ2) is 9.01. The number of hydrogen-bond donors (Lipinski definition) is 1. The van der Waals surface area contributed by atoms with E-state index >= 15 is 0 Å². The Morgan fingerprint density at radius 2 is 1.79 bits per heavy atom. The minimum atomic E-state index is -3.23. The molecule has 1 saturated heterocycles. The fourth-order valence-electron chi connectivity index (χ4n) is 4.01. The number of morpholine rings is 1. The van der Waals surface area contributed by atoms with Gasteiger partial charge in [0.15, 0.2) is 9.84 Å². The number of rotatable bonds is 6. The molecule has 1 aromatic heterocycles. The molecule has 5 rings (SSSR count). The van der Waals surface area contributed by atoms with Crippen molar-refractivity contribution in [3.8, 4) is 0 Å². The van der Waals surface area contributed by atoms with Crippen LogP contribution in [0.1, 0.15) is 22.7 Å². The molecule has 2 aliphatic rings. The van der Waals surface area contributed by atoms with Crippen LogP contribution in [0.2, 0.25) is 0 Å². The third-order valence-corrected chi connectivity index (χ3v) is 6.97. The van der Waals surface area contributed by atoms with E-state index < -0.39 is 9.84 Å². The molecule has 3 aromatic rings. The summed E-state index contributed by atoms with van der Waals surface area (Å²) in [6.45, 7) is 4.42. The number of nitrogens with one attached hydrogen (secondary N) is 1. The fraction of sp³-hybridized carbons (Fsp3) is 0.292. The monoisotopic (exact) mass is 463 g/mol. The molecule has 170 valence electrons. The summed E-state index contributed by atoms with van der Waals surface area (Å²) >= 11 is 0. The predicted octanol–water partition coefficient (Wildman–Crippen LogP) is 3.30. The summed E-state index contributed by atoms with van der Waals surface area (Å²) in [7, 11) is -3.23. The van der Waals surface area contributed by atoms with Gasteiger partial charge in [-0.3, -0.25) is 9.89 Å². The van der Waals surface area contributed by atoms with Gasteiger partial charge in [-0.1, -0.05) is 24.3 Å². The first-order chi connectivity index (χ1) is 16.0. The highest BCUT2D eigenvalue weighted by atomic mass is 32.2. The molecular formula is C24H25N5O3S. The molecule has 0 amide bonds. The third kappa shape index (κ3) is 4.95. The first-order valence-corrected chi connectivity index (χ1v) is 12.7. The highest BCUT2D eigenvalue weighted by Crippen LogP contribution is 2.35. The Morgan fingerprint density at radius 3 is 2.48 bits per heavy atom. The zero-order chi connectivity index (χ0) is 22.8. The number of sulfone groups is 1. The number of aliphatic imine (C=N–C) groups is 1. The Kier molecular flexibility index (Phi) is 5.92. The second-order valence-electron chi connectivity index (χ2n) is 8.27. The molecular weight excluding hydrogens is 438 g/mol. The van der Waals surface area contributed by atoms with Gasteiger partial charge < -0.3 is 10.1 Å². The Labute approximate surface area is 193 Å². The van der Waals surface area contributed by atoms with Gasteiger partial charge in [0.2, 0.25) is 5.95 Å². The SMILES string of the molecule is CS(=O)(=O)c1ccc(C2C=Nc3cnc(Nc4ccc(CN5CCOCC5)cc4)nc32)cc1. The van der Waals surface area contributed by atoms with Crippen molar-refractivity contribution in [2.75, 3.05) is 37.9 Å². The van der Waals surface area contributed by atoms with Crippen molar-refractivity contribution in [2.24, 2.45) is 4.99 Å². The maximum Gasteiger partial charge on any atom is 0.227 e. The van der Waals surface area contributed by atoms with Crippen molar-refractivity contribution >= 4 is 33.4 Å². The van der Waals surface area contributed by atoms with Gasteiger partial charge >= 0.3 is 0 Å². The molecule has 8 nitrogen and oxygen atoms in total. The Bertz CT molecular complexity index is 1270. The zero-order valence-corrected chi connectivity index (χ0v) is 19.1. The summed E-state index contributed by atoms with van der Waals surface area (Å²) in [6.07, 6.45) is 4.73. The molecule has 0 saturated carbocycles. The van der Waals surface area contributed by atoms with E-state index in [1.165, 1.54) is 11.8 Å². The van der Waals surface area contributed by atoms with Gasteiger partial charge in [-0.25, -0.2) is 18.4 Å². The minimum absolute atomic E-state index is 0.145. The van der Waals surface area contributed by atoms with Crippen molar-refractivity contribution in [3.63, 3.8) is 0 Å². The normalized spacial score (nSPS) is 18.3. The van der Waals surface area contributed by atoms with Crippen molar-refractivity contribution in [1.29, 1.82) is 0 Å². The van der Waals surface area contributed by atoms with Gasteiger partial charge in [0.1, 0.15) is 5.69 Å². The van der Waals surface area contributed by atoms with Gasteiger partial charge in [0, 0.05) is 37.8 Å². The Hall–Kier alpha value is -3.14. The Morgan fingerprint density at radius 1 is 1.06 bits per heavy atom. The highest BCUT2D eigenvalue weighted by molar-refractivity contribution is 7.90. The lowest BCUT2D eigenvalue weighted by atomic mass is 9.98. The second-order valence-corrected chi connectivity index (χ2v) is 10.3. The molecule has 2 aliphatic heterocycles. The van der Waals surface area contributed by atoms with E-state index in [9.17, 15) is 8.42 Å². The minimum Gasteiger partial charge on any atom is -0.379 e. The van der Waals surface area contributed by atoms with E-state index in [0.29, 0.717) is 10.8 Å². The van der Waals surface area contributed by atoms with E-state index in [1.807, 2.05) is 30.5 Å². The van der Waals surface area contributed by atoms with Gasteiger partial charge in [-0.15, -0.1) is 0 Å². The van der Waals surface area contributed by atoms with Crippen LogP contribution in [0.4, 0.5) is 17.3 Å². The molecule has 1 unspecified atom stereocenters. The van der Waals surface area contributed by atoms with Crippen LogP contribution in [0.15, 0.2) is 64.6 Å². The summed E-state index contributed by atoms with van der Waals surface area (Å²) in [5.74, 6) is 0.353. The maximum atomic E-state index is 11.7. The molecule has 2 aromatic carbocycles. The summed E-state index contributed by atoms with van der Waals surface area (Å²) in [6, 6.07) is 15.1. The van der Waals surface area contributed by atoms with E-state index in [-0.39, 0.29) is 5.92 Å². The number of ether oxygens (including phenoxy) is 1. The Balaban J connectivity index is 1.29. The van der Waals surface area contributed by atoms with E-state index in [4.69, 9.17) is 9.72 Å². The lowest BCUT2D eigenvalue weighted by Gasteiger charge is -2.26. The molecule has 0 spiro atoms. The molecule has 0 bridgehead atoms. The van der Waals surface area contributed by atoms with Crippen molar-refractivity contribution in [1.82, 2.24) is 14.9 Å². The van der Waals surface area contributed by atoms with Crippen LogP contribution in [-0.2, 0) is 21.1 Å². The summed E-state index contributed by atoms with van der Waals surface area (Å²) < 4.78 is 28.9. The average molecular weight is 464 g/mol. The average Bonchev–Trinajstić information content (AvgIpc) is 3.24. The number of fused-ring (bicyclic) bond motifs is 1. The molecule has 1 fully saturated rings. The maximum absolute atomic E-state index is 11.7.